The molecule has 0 spiro atoms. The number of nitrogens with one attached hydrogen (secondary N) is 2. The van der Waals surface area contributed by atoms with Gasteiger partial charge in [0.05, 0.1) is 0 Å². The molecule has 0 aliphatic carbocycles. The minimum Gasteiger partial charge on any atom is -0.382 e. The van der Waals surface area contributed by atoms with Gasteiger partial charge in [0.2, 0.25) is 0 Å². The summed E-state index contributed by atoms with van der Waals surface area (Å²) < 4.78 is 0. The number of hydrogen-bond acceptors (Lipinski definition) is 4. The molecule has 1 fully saturated rings. The maximum atomic E-state index is 11.9. The highest BCUT2D eigenvalue weighted by Gasteiger charge is 2.18. The molecule has 1 aromatic rings. The highest BCUT2D eigenvalue weighted by molar-refractivity contribution is 5.92. The zero-order valence-electron chi connectivity index (χ0n) is 11.8. The maximum Gasteiger partial charge on any atom is 0.272 e. The Labute approximate surface area is 114 Å². The van der Waals surface area contributed by atoms with Crippen LogP contribution in [0.5, 0.6) is 0 Å². The third-order valence-electron chi connectivity index (χ3n) is 3.38. The summed E-state index contributed by atoms with van der Waals surface area (Å²) in [6.07, 6.45) is 3.88. The zero-order valence-corrected chi connectivity index (χ0v) is 11.8. The average molecular weight is 262 g/mol. The quantitative estimate of drug-likeness (QED) is 0.863. The van der Waals surface area contributed by atoms with Crippen molar-refractivity contribution in [1.29, 1.82) is 0 Å². The van der Waals surface area contributed by atoms with Crippen LogP contribution in [0.15, 0.2) is 18.3 Å². The number of amides is 1. The molecular weight excluding hydrogens is 240 g/mol. The van der Waals surface area contributed by atoms with Gasteiger partial charge in [0.25, 0.3) is 5.91 Å². The predicted molar refractivity (Wildman–Crippen MR) is 76.4 cm³/mol. The minimum atomic E-state index is -0.0673. The van der Waals surface area contributed by atoms with Crippen LogP contribution in [-0.2, 0) is 0 Å². The number of pyridine rings is 1. The van der Waals surface area contributed by atoms with E-state index in [1.165, 1.54) is 0 Å². The van der Waals surface area contributed by atoms with Gasteiger partial charge in [-0.25, -0.2) is 0 Å². The van der Waals surface area contributed by atoms with Gasteiger partial charge < -0.3 is 15.5 Å². The van der Waals surface area contributed by atoms with Crippen LogP contribution >= 0.6 is 0 Å². The average Bonchev–Trinajstić information content (AvgIpc) is 2.38. The van der Waals surface area contributed by atoms with E-state index in [1.807, 2.05) is 12.1 Å². The molecule has 1 saturated heterocycles. The Kier molecular flexibility index (Phi) is 4.37. The molecule has 0 aromatic carbocycles. The second-order valence-electron chi connectivity index (χ2n) is 5.35. The molecule has 1 aromatic heterocycles. The summed E-state index contributed by atoms with van der Waals surface area (Å²) in [5.41, 5.74) is 1.45. The fraction of sp³-hybridized carbons (Fsp3) is 0.571. The van der Waals surface area contributed by atoms with Gasteiger partial charge in [-0.3, -0.25) is 9.78 Å². The highest BCUT2D eigenvalue weighted by Crippen LogP contribution is 2.16. The molecule has 0 bridgehead atoms. The van der Waals surface area contributed by atoms with Crippen LogP contribution in [-0.4, -0.2) is 48.5 Å². The number of rotatable bonds is 3. The maximum absolute atomic E-state index is 11.9. The third-order valence-corrected chi connectivity index (χ3v) is 3.38. The fourth-order valence-corrected chi connectivity index (χ4v) is 2.37. The van der Waals surface area contributed by atoms with E-state index in [2.05, 4.69) is 22.5 Å². The van der Waals surface area contributed by atoms with Crippen molar-refractivity contribution in [3.63, 3.8) is 0 Å². The first kappa shape index (κ1) is 13.8. The van der Waals surface area contributed by atoms with E-state index in [0.717, 1.165) is 25.1 Å². The second kappa shape index (κ2) is 6.02. The van der Waals surface area contributed by atoms with E-state index >= 15 is 0 Å². The summed E-state index contributed by atoms with van der Waals surface area (Å²) in [5.74, 6) is -0.0673. The monoisotopic (exact) mass is 262 g/mol. The molecule has 104 valence electrons. The molecule has 0 radical (unpaired) electrons. The Bertz CT molecular complexity index is 447. The fourth-order valence-electron chi connectivity index (χ4n) is 2.37. The van der Waals surface area contributed by atoms with E-state index in [9.17, 15) is 4.79 Å². The number of carbonyl (C=O) groups is 1. The van der Waals surface area contributed by atoms with Crippen LogP contribution in [0.1, 0.15) is 30.3 Å². The first-order valence-electron chi connectivity index (χ1n) is 6.74. The molecular formula is C14H22N4O. The van der Waals surface area contributed by atoms with E-state index in [4.69, 9.17) is 0 Å². The minimum absolute atomic E-state index is 0.0673. The van der Waals surface area contributed by atoms with Gasteiger partial charge in [-0.15, -0.1) is 0 Å². The lowest BCUT2D eigenvalue weighted by Crippen LogP contribution is -2.41. The van der Waals surface area contributed by atoms with Crippen LogP contribution in [0, 0.1) is 0 Å². The van der Waals surface area contributed by atoms with E-state index < -0.39 is 0 Å². The van der Waals surface area contributed by atoms with Crippen LogP contribution in [0.2, 0.25) is 0 Å². The van der Waals surface area contributed by atoms with Crippen molar-refractivity contribution in [3.05, 3.63) is 24.0 Å². The van der Waals surface area contributed by atoms with E-state index in [0.29, 0.717) is 17.8 Å². The van der Waals surface area contributed by atoms with Gasteiger partial charge in [-0.1, -0.05) is 0 Å². The Balaban J connectivity index is 2.04. The van der Waals surface area contributed by atoms with Gasteiger partial charge in [0, 0.05) is 38.1 Å². The van der Waals surface area contributed by atoms with Crippen molar-refractivity contribution >= 4 is 11.6 Å². The Morgan fingerprint density at radius 1 is 1.53 bits per heavy atom. The number of carbonyl (C=O) groups excluding carboxylic acids is 1. The highest BCUT2D eigenvalue weighted by atomic mass is 16.2. The van der Waals surface area contributed by atoms with Crippen molar-refractivity contribution in [2.24, 2.45) is 0 Å². The van der Waals surface area contributed by atoms with Crippen molar-refractivity contribution in [3.8, 4) is 0 Å². The summed E-state index contributed by atoms with van der Waals surface area (Å²) in [6, 6.07) is 4.74. The van der Waals surface area contributed by atoms with Crippen molar-refractivity contribution in [1.82, 2.24) is 15.2 Å². The lowest BCUT2D eigenvalue weighted by Gasteiger charge is -2.29. The van der Waals surface area contributed by atoms with Crippen molar-refractivity contribution in [2.75, 3.05) is 26.0 Å². The summed E-state index contributed by atoms with van der Waals surface area (Å²) >= 11 is 0. The molecule has 5 nitrogen and oxygen atoms in total. The lowest BCUT2D eigenvalue weighted by atomic mass is 10.0. The molecule has 5 heteroatoms. The topological polar surface area (TPSA) is 57.3 Å². The van der Waals surface area contributed by atoms with Gasteiger partial charge in [0.15, 0.2) is 0 Å². The number of anilines is 1. The Morgan fingerprint density at radius 3 is 3.00 bits per heavy atom. The normalized spacial score (nSPS) is 22.9. The van der Waals surface area contributed by atoms with Gasteiger partial charge in [0.1, 0.15) is 5.69 Å². The zero-order chi connectivity index (χ0) is 13.8. The molecule has 19 heavy (non-hydrogen) atoms. The number of hydrogen-bond donors (Lipinski definition) is 2. The standard InChI is InChI=1S/C14H22N4O/c1-10-8-11(4-6-15-10)17-12-5-7-16-13(9-12)14(19)18(2)3/h5,7,9-11,15H,4,6,8H2,1-3H3,(H,16,17). The summed E-state index contributed by atoms with van der Waals surface area (Å²) in [5, 5.41) is 6.92. The summed E-state index contributed by atoms with van der Waals surface area (Å²) in [7, 11) is 3.47. The lowest BCUT2D eigenvalue weighted by molar-refractivity contribution is 0.0822. The Morgan fingerprint density at radius 2 is 2.32 bits per heavy atom. The van der Waals surface area contributed by atoms with Gasteiger partial charge >= 0.3 is 0 Å². The van der Waals surface area contributed by atoms with Crippen LogP contribution < -0.4 is 10.6 Å². The first-order chi connectivity index (χ1) is 9.06. The molecule has 1 aliphatic rings. The van der Waals surface area contributed by atoms with E-state index in [-0.39, 0.29) is 5.91 Å². The number of piperidine rings is 1. The first-order valence-corrected chi connectivity index (χ1v) is 6.74. The predicted octanol–water partition coefficient (Wildman–Crippen LogP) is 1.34. The van der Waals surface area contributed by atoms with E-state index in [1.54, 1.807) is 25.2 Å². The largest absolute Gasteiger partial charge is 0.382 e. The Hall–Kier alpha value is -1.62. The molecule has 0 saturated carbocycles. The number of aromatic nitrogens is 1. The smallest absolute Gasteiger partial charge is 0.272 e. The third kappa shape index (κ3) is 3.67. The molecule has 2 unspecified atom stereocenters. The van der Waals surface area contributed by atoms with Gasteiger partial charge in [-0.2, -0.15) is 0 Å². The number of nitrogens with zero attached hydrogens (tertiary/aromatic N) is 2. The molecule has 2 N–H and O–H groups in total. The molecule has 2 rings (SSSR count). The van der Waals surface area contributed by atoms with Crippen LogP contribution in [0.4, 0.5) is 5.69 Å². The van der Waals surface area contributed by atoms with Crippen molar-refractivity contribution in [2.45, 2.75) is 31.8 Å². The molecule has 2 heterocycles. The second-order valence-corrected chi connectivity index (χ2v) is 5.35. The van der Waals surface area contributed by atoms with Gasteiger partial charge in [-0.05, 0) is 38.4 Å². The van der Waals surface area contributed by atoms with Crippen molar-refractivity contribution < 1.29 is 4.79 Å². The SMILES string of the molecule is CC1CC(Nc2ccnc(C(=O)N(C)C)c2)CCN1. The summed E-state index contributed by atoms with van der Waals surface area (Å²) in [6.45, 7) is 3.23. The molecule has 1 amide bonds. The van der Waals surface area contributed by atoms with Crippen LogP contribution in [0.3, 0.4) is 0 Å². The molecule has 2 atom stereocenters. The van der Waals surface area contributed by atoms with Crippen LogP contribution in [0.25, 0.3) is 0 Å². The summed E-state index contributed by atoms with van der Waals surface area (Å²) in [4.78, 5) is 17.5. The molecule has 1 aliphatic heterocycles.